The second-order valence-corrected chi connectivity index (χ2v) is 7.20. The number of hydrogen-bond acceptors (Lipinski definition) is 6. The third-order valence-corrected chi connectivity index (χ3v) is 5.00. The molecule has 8 nitrogen and oxygen atoms in total. The predicted octanol–water partition coefficient (Wildman–Crippen LogP) is 3.16. The van der Waals surface area contributed by atoms with E-state index in [0.29, 0.717) is 36.0 Å². The molecule has 170 valence electrons. The van der Waals surface area contributed by atoms with Crippen LogP contribution in [0.2, 0.25) is 0 Å². The van der Waals surface area contributed by atoms with E-state index in [-0.39, 0.29) is 30.7 Å². The number of rotatable bonds is 9. The van der Waals surface area contributed by atoms with Gasteiger partial charge in [-0.3, -0.25) is 9.59 Å². The van der Waals surface area contributed by atoms with E-state index in [1.54, 1.807) is 18.2 Å². The highest BCUT2D eigenvalue weighted by molar-refractivity contribution is 6.01. The van der Waals surface area contributed by atoms with E-state index in [0.717, 1.165) is 11.3 Å². The Bertz CT molecular complexity index is 1130. The minimum absolute atomic E-state index is 0.190. The van der Waals surface area contributed by atoms with E-state index < -0.39 is 0 Å². The van der Waals surface area contributed by atoms with Crippen LogP contribution in [0.1, 0.15) is 26.3 Å². The third-order valence-electron chi connectivity index (χ3n) is 5.00. The largest absolute Gasteiger partial charge is 0.496 e. The summed E-state index contributed by atoms with van der Waals surface area (Å²) in [6.45, 7) is 1.13. The molecule has 0 radical (unpaired) electrons. The Kier molecular flexibility index (Phi) is 6.94. The molecule has 1 aliphatic heterocycles. The maximum atomic E-state index is 12.8. The van der Waals surface area contributed by atoms with Gasteiger partial charge in [0.2, 0.25) is 6.79 Å². The van der Waals surface area contributed by atoms with Crippen LogP contribution in [-0.4, -0.2) is 38.9 Å². The molecule has 0 unspecified atom stereocenters. The zero-order chi connectivity index (χ0) is 23.0. The minimum atomic E-state index is -0.355. The number of hydrogen-bond donors (Lipinski definition) is 2. The first kappa shape index (κ1) is 22.0. The van der Waals surface area contributed by atoms with Gasteiger partial charge in [-0.05, 0) is 48.0 Å². The molecule has 0 bridgehead atoms. The Balaban J connectivity index is 1.35. The number of nitrogens with one attached hydrogen (secondary N) is 2. The number of ether oxygens (including phenoxy) is 4. The van der Waals surface area contributed by atoms with Crippen molar-refractivity contribution in [1.29, 1.82) is 0 Å². The van der Waals surface area contributed by atoms with Crippen molar-refractivity contribution in [2.45, 2.75) is 6.54 Å². The first-order chi connectivity index (χ1) is 16.1. The van der Waals surface area contributed by atoms with Crippen molar-refractivity contribution in [3.63, 3.8) is 0 Å². The molecule has 2 N–H and O–H groups in total. The number of amides is 2. The van der Waals surface area contributed by atoms with Crippen LogP contribution in [0.25, 0.3) is 0 Å². The summed E-state index contributed by atoms with van der Waals surface area (Å²) in [6, 6.07) is 19.6. The first-order valence-electron chi connectivity index (χ1n) is 10.4. The monoisotopic (exact) mass is 448 g/mol. The van der Waals surface area contributed by atoms with Gasteiger partial charge in [0.1, 0.15) is 18.1 Å². The average molecular weight is 448 g/mol. The number of benzene rings is 3. The van der Waals surface area contributed by atoms with E-state index in [1.165, 1.54) is 13.2 Å². The highest BCUT2D eigenvalue weighted by atomic mass is 16.7. The van der Waals surface area contributed by atoms with Gasteiger partial charge in [-0.15, -0.1) is 0 Å². The van der Waals surface area contributed by atoms with E-state index in [4.69, 9.17) is 18.9 Å². The Morgan fingerprint density at radius 1 is 0.909 bits per heavy atom. The average Bonchev–Trinajstić information content (AvgIpc) is 3.33. The Labute approximate surface area is 191 Å². The van der Waals surface area contributed by atoms with Crippen LogP contribution in [0.3, 0.4) is 0 Å². The molecule has 8 heteroatoms. The molecular weight excluding hydrogens is 424 g/mol. The fourth-order valence-corrected chi connectivity index (χ4v) is 3.31. The van der Waals surface area contributed by atoms with Crippen molar-refractivity contribution >= 4 is 11.8 Å². The van der Waals surface area contributed by atoms with Gasteiger partial charge in [-0.1, -0.05) is 24.3 Å². The van der Waals surface area contributed by atoms with Gasteiger partial charge in [0.05, 0.1) is 19.2 Å². The first-order valence-corrected chi connectivity index (χ1v) is 10.4. The summed E-state index contributed by atoms with van der Waals surface area (Å²) >= 11 is 0. The molecule has 3 aromatic rings. The number of methoxy groups -OCH3 is 1. The molecule has 0 saturated carbocycles. The zero-order valence-corrected chi connectivity index (χ0v) is 18.1. The molecule has 0 fully saturated rings. The Morgan fingerprint density at radius 2 is 1.73 bits per heavy atom. The molecule has 0 aromatic heterocycles. The van der Waals surface area contributed by atoms with Crippen molar-refractivity contribution in [2.75, 3.05) is 27.1 Å². The lowest BCUT2D eigenvalue weighted by Gasteiger charge is -2.12. The van der Waals surface area contributed by atoms with Crippen LogP contribution < -0.4 is 29.6 Å². The quantitative estimate of drug-likeness (QED) is 0.489. The van der Waals surface area contributed by atoms with Crippen molar-refractivity contribution < 1.29 is 28.5 Å². The summed E-state index contributed by atoms with van der Waals surface area (Å²) in [5.41, 5.74) is 1.48. The van der Waals surface area contributed by atoms with Crippen molar-refractivity contribution in [3.05, 3.63) is 83.4 Å². The highest BCUT2D eigenvalue weighted by Gasteiger charge is 2.17. The molecule has 1 heterocycles. The summed E-state index contributed by atoms with van der Waals surface area (Å²) in [5.74, 6) is 1.78. The summed E-state index contributed by atoms with van der Waals surface area (Å²) in [4.78, 5) is 25.4. The number of fused-ring (bicyclic) bond motifs is 1. The van der Waals surface area contributed by atoms with Crippen molar-refractivity contribution in [3.8, 4) is 23.0 Å². The van der Waals surface area contributed by atoms with Gasteiger partial charge < -0.3 is 29.6 Å². The lowest BCUT2D eigenvalue weighted by atomic mass is 10.1. The lowest BCUT2D eigenvalue weighted by molar-refractivity contribution is 0.0947. The van der Waals surface area contributed by atoms with E-state index in [2.05, 4.69) is 10.6 Å². The third kappa shape index (κ3) is 5.54. The van der Waals surface area contributed by atoms with E-state index in [9.17, 15) is 9.59 Å². The van der Waals surface area contributed by atoms with Gasteiger partial charge in [-0.2, -0.15) is 0 Å². The summed E-state index contributed by atoms with van der Waals surface area (Å²) in [5, 5.41) is 5.64. The maximum absolute atomic E-state index is 12.8. The number of para-hydroxylation sites is 1. The van der Waals surface area contributed by atoms with Crippen molar-refractivity contribution in [2.24, 2.45) is 0 Å². The summed E-state index contributed by atoms with van der Waals surface area (Å²) in [7, 11) is 1.48. The van der Waals surface area contributed by atoms with Gasteiger partial charge >= 0.3 is 0 Å². The smallest absolute Gasteiger partial charge is 0.255 e. The van der Waals surface area contributed by atoms with Gasteiger partial charge in [0, 0.05) is 12.1 Å². The van der Waals surface area contributed by atoms with Crippen LogP contribution in [0.4, 0.5) is 0 Å². The molecule has 0 atom stereocenters. The maximum Gasteiger partial charge on any atom is 0.255 e. The molecule has 0 aliphatic carbocycles. The van der Waals surface area contributed by atoms with E-state index >= 15 is 0 Å². The molecule has 33 heavy (non-hydrogen) atoms. The zero-order valence-electron chi connectivity index (χ0n) is 18.1. The van der Waals surface area contributed by atoms with Gasteiger partial charge in [0.15, 0.2) is 11.5 Å². The van der Waals surface area contributed by atoms with E-state index in [1.807, 2.05) is 42.5 Å². The standard InChI is InChI=1S/C25H24N2O6/c1-30-21-10-8-18(24(28)26-11-12-31-19-5-3-2-4-6-19)14-20(21)25(29)27-15-17-7-9-22-23(13-17)33-16-32-22/h2-10,13-14H,11-12,15-16H2,1H3,(H,26,28)(H,27,29). The second kappa shape index (κ2) is 10.4. The lowest BCUT2D eigenvalue weighted by Crippen LogP contribution is -2.29. The molecule has 1 aliphatic rings. The number of carbonyl (C=O) groups is 2. The highest BCUT2D eigenvalue weighted by Crippen LogP contribution is 2.32. The molecule has 2 amide bonds. The summed E-state index contributed by atoms with van der Waals surface area (Å²) in [6.07, 6.45) is 0. The molecule has 0 spiro atoms. The molecule has 3 aromatic carbocycles. The predicted molar refractivity (Wildman–Crippen MR) is 121 cm³/mol. The van der Waals surface area contributed by atoms with Crippen LogP contribution in [0.15, 0.2) is 66.7 Å². The van der Waals surface area contributed by atoms with Crippen LogP contribution in [0.5, 0.6) is 23.0 Å². The van der Waals surface area contributed by atoms with Crippen LogP contribution >= 0.6 is 0 Å². The van der Waals surface area contributed by atoms with Crippen LogP contribution in [0, 0.1) is 0 Å². The SMILES string of the molecule is COc1ccc(C(=O)NCCOc2ccccc2)cc1C(=O)NCc1ccc2c(c1)OCO2. The minimum Gasteiger partial charge on any atom is -0.496 e. The molecule has 0 saturated heterocycles. The second-order valence-electron chi connectivity index (χ2n) is 7.20. The fourth-order valence-electron chi connectivity index (χ4n) is 3.31. The van der Waals surface area contributed by atoms with Crippen molar-refractivity contribution in [1.82, 2.24) is 10.6 Å². The fraction of sp³-hybridized carbons (Fsp3) is 0.200. The normalized spacial score (nSPS) is 11.5. The van der Waals surface area contributed by atoms with Gasteiger partial charge in [-0.25, -0.2) is 0 Å². The number of carbonyl (C=O) groups excluding carboxylic acids is 2. The van der Waals surface area contributed by atoms with Gasteiger partial charge in [0.25, 0.3) is 11.8 Å². The summed E-state index contributed by atoms with van der Waals surface area (Å²) < 4.78 is 21.6. The Hall–Kier alpha value is -4.20. The molecule has 4 rings (SSSR count). The van der Waals surface area contributed by atoms with Crippen LogP contribution in [-0.2, 0) is 6.54 Å². The topological polar surface area (TPSA) is 95.1 Å². The Morgan fingerprint density at radius 3 is 2.55 bits per heavy atom. The molecular formula is C25H24N2O6.